The molecule has 4 rings (SSSR count). The fourth-order valence-corrected chi connectivity index (χ4v) is 4.44. The predicted octanol–water partition coefficient (Wildman–Crippen LogP) is 2.94. The number of halogens is 1. The number of aliphatic carboxylic acids is 1. The maximum absolute atomic E-state index is 12.6. The SMILES string of the molecule is O=C([O-])[C@H]1CC=CC[C@@H]1C(=O)Nc1ccc(N2CCN(c3cccc(Cl)c3)CC2)cc1. The predicted molar refractivity (Wildman–Crippen MR) is 121 cm³/mol. The smallest absolute Gasteiger partial charge is 0.228 e. The van der Waals surface area contributed by atoms with Crippen LogP contribution >= 0.6 is 11.6 Å². The Hall–Kier alpha value is -2.99. The minimum atomic E-state index is -1.17. The Labute approximate surface area is 187 Å². The molecule has 1 N–H and O–H groups in total. The summed E-state index contributed by atoms with van der Waals surface area (Å²) in [6.45, 7) is 3.58. The number of hydrogen-bond acceptors (Lipinski definition) is 5. The van der Waals surface area contributed by atoms with Crippen LogP contribution in [0.25, 0.3) is 0 Å². The van der Waals surface area contributed by atoms with Gasteiger partial charge in [-0.25, -0.2) is 0 Å². The average molecular weight is 439 g/mol. The van der Waals surface area contributed by atoms with Crippen LogP contribution in [0.5, 0.6) is 0 Å². The maximum atomic E-state index is 12.6. The van der Waals surface area contributed by atoms with Crippen molar-refractivity contribution in [2.24, 2.45) is 11.8 Å². The van der Waals surface area contributed by atoms with E-state index in [2.05, 4.69) is 21.2 Å². The number of piperazine rings is 1. The van der Waals surface area contributed by atoms with Gasteiger partial charge in [-0.3, -0.25) is 4.79 Å². The zero-order valence-electron chi connectivity index (χ0n) is 17.2. The molecule has 31 heavy (non-hydrogen) atoms. The number of carbonyl (C=O) groups excluding carboxylic acids is 2. The standard InChI is InChI=1S/C24H26ClN3O3/c25-17-4-3-5-20(16-17)28-14-12-27(13-15-28)19-10-8-18(9-11-19)26-23(29)21-6-1-2-7-22(21)24(30)31/h1-5,8-11,16,21-22H,6-7,12-15H2,(H,26,29)(H,30,31)/p-1/t21-,22-/m0/s1. The van der Waals surface area contributed by atoms with E-state index < -0.39 is 17.8 Å². The summed E-state index contributed by atoms with van der Waals surface area (Å²) in [6, 6.07) is 15.6. The Bertz CT molecular complexity index is 968. The van der Waals surface area contributed by atoms with Gasteiger partial charge in [0.05, 0.1) is 5.92 Å². The number of hydrogen-bond donors (Lipinski definition) is 1. The van der Waals surface area contributed by atoms with Crippen molar-refractivity contribution in [3.05, 3.63) is 65.7 Å². The molecule has 7 heteroatoms. The number of allylic oxidation sites excluding steroid dienone is 2. The first kappa shape index (κ1) is 21.2. The van der Waals surface area contributed by atoms with Crippen molar-refractivity contribution in [3.8, 4) is 0 Å². The van der Waals surface area contributed by atoms with E-state index in [1.165, 1.54) is 0 Å². The van der Waals surface area contributed by atoms with Crippen molar-refractivity contribution < 1.29 is 14.7 Å². The van der Waals surface area contributed by atoms with E-state index in [4.69, 9.17) is 11.6 Å². The second-order valence-corrected chi connectivity index (χ2v) is 8.40. The summed E-state index contributed by atoms with van der Waals surface area (Å²) in [5.74, 6) is -2.83. The van der Waals surface area contributed by atoms with Crippen LogP contribution in [0.15, 0.2) is 60.7 Å². The molecule has 0 saturated carbocycles. The molecule has 6 nitrogen and oxygen atoms in total. The lowest BCUT2D eigenvalue weighted by Gasteiger charge is -2.37. The third-order valence-electron chi connectivity index (χ3n) is 6.02. The first-order chi connectivity index (χ1) is 15.0. The summed E-state index contributed by atoms with van der Waals surface area (Å²) < 4.78 is 0. The molecule has 0 unspecified atom stereocenters. The molecule has 2 aromatic carbocycles. The number of carbonyl (C=O) groups is 2. The molecule has 0 spiro atoms. The summed E-state index contributed by atoms with van der Waals surface area (Å²) in [7, 11) is 0. The van der Waals surface area contributed by atoms with Gasteiger partial charge in [0, 0.05) is 60.2 Å². The van der Waals surface area contributed by atoms with Gasteiger partial charge in [0.15, 0.2) is 0 Å². The number of carboxylic acid groups (broad SMARTS) is 1. The zero-order chi connectivity index (χ0) is 21.8. The number of anilines is 3. The van der Waals surface area contributed by atoms with E-state index >= 15 is 0 Å². The first-order valence-electron chi connectivity index (χ1n) is 10.5. The van der Waals surface area contributed by atoms with Gasteiger partial charge in [-0.2, -0.15) is 0 Å². The highest BCUT2D eigenvalue weighted by Crippen LogP contribution is 2.28. The van der Waals surface area contributed by atoms with Gasteiger partial charge in [-0.15, -0.1) is 0 Å². The molecule has 1 amide bonds. The summed E-state index contributed by atoms with van der Waals surface area (Å²) >= 11 is 6.11. The van der Waals surface area contributed by atoms with Crippen molar-refractivity contribution in [3.63, 3.8) is 0 Å². The normalized spacial score (nSPS) is 21.1. The van der Waals surface area contributed by atoms with E-state index in [0.29, 0.717) is 18.5 Å². The summed E-state index contributed by atoms with van der Waals surface area (Å²) in [5.41, 5.74) is 2.90. The Balaban J connectivity index is 1.34. The fraction of sp³-hybridized carbons (Fsp3) is 0.333. The topological polar surface area (TPSA) is 75.7 Å². The summed E-state index contributed by atoms with van der Waals surface area (Å²) in [4.78, 5) is 28.6. The van der Waals surface area contributed by atoms with E-state index in [9.17, 15) is 14.7 Å². The van der Waals surface area contributed by atoms with Crippen LogP contribution in [0.2, 0.25) is 5.02 Å². The van der Waals surface area contributed by atoms with Crippen molar-refractivity contribution >= 4 is 40.5 Å². The second kappa shape index (κ2) is 9.43. The highest BCUT2D eigenvalue weighted by Gasteiger charge is 2.29. The average Bonchev–Trinajstić information content (AvgIpc) is 2.79. The number of amides is 1. The highest BCUT2D eigenvalue weighted by atomic mass is 35.5. The molecule has 0 radical (unpaired) electrons. The zero-order valence-corrected chi connectivity index (χ0v) is 17.9. The lowest BCUT2D eigenvalue weighted by molar-refractivity contribution is -0.313. The van der Waals surface area contributed by atoms with E-state index in [1.54, 1.807) is 6.08 Å². The van der Waals surface area contributed by atoms with Crippen LogP contribution in [0.4, 0.5) is 17.1 Å². The lowest BCUT2D eigenvalue weighted by Crippen LogP contribution is -2.46. The van der Waals surface area contributed by atoms with E-state index in [0.717, 1.165) is 42.6 Å². The van der Waals surface area contributed by atoms with Crippen molar-refractivity contribution in [2.75, 3.05) is 41.3 Å². The first-order valence-corrected chi connectivity index (χ1v) is 10.9. The molecule has 162 valence electrons. The number of nitrogens with one attached hydrogen (secondary N) is 1. The largest absolute Gasteiger partial charge is 0.550 e. The lowest BCUT2D eigenvalue weighted by atomic mass is 9.82. The Morgan fingerprint density at radius 2 is 1.48 bits per heavy atom. The Morgan fingerprint density at radius 1 is 0.871 bits per heavy atom. The van der Waals surface area contributed by atoms with Crippen LogP contribution in [-0.4, -0.2) is 38.1 Å². The van der Waals surface area contributed by atoms with Gasteiger partial charge >= 0.3 is 0 Å². The minimum Gasteiger partial charge on any atom is -0.550 e. The van der Waals surface area contributed by atoms with Gasteiger partial charge in [0.25, 0.3) is 0 Å². The molecule has 1 fully saturated rings. The van der Waals surface area contributed by atoms with E-state index in [-0.39, 0.29) is 5.91 Å². The number of benzene rings is 2. The molecule has 1 aliphatic carbocycles. The minimum absolute atomic E-state index is 0.276. The molecule has 1 heterocycles. The molecule has 2 aromatic rings. The van der Waals surface area contributed by atoms with Gasteiger partial charge in [0.2, 0.25) is 5.91 Å². The van der Waals surface area contributed by atoms with Crippen molar-refractivity contribution in [2.45, 2.75) is 12.8 Å². The molecule has 1 aliphatic heterocycles. The molecule has 0 aromatic heterocycles. The van der Waals surface area contributed by atoms with Crippen LogP contribution < -0.4 is 20.2 Å². The Kier molecular flexibility index (Phi) is 6.47. The number of nitrogens with zero attached hydrogens (tertiary/aromatic N) is 2. The maximum Gasteiger partial charge on any atom is 0.228 e. The van der Waals surface area contributed by atoms with Crippen LogP contribution in [-0.2, 0) is 9.59 Å². The summed E-state index contributed by atoms with van der Waals surface area (Å²) in [5, 5.41) is 14.9. The van der Waals surface area contributed by atoms with E-state index in [1.807, 2.05) is 48.5 Å². The molecular formula is C24H25ClN3O3-. The molecule has 1 saturated heterocycles. The fourth-order valence-electron chi connectivity index (χ4n) is 4.25. The summed E-state index contributed by atoms with van der Waals surface area (Å²) in [6.07, 6.45) is 4.40. The van der Waals surface area contributed by atoms with Crippen LogP contribution in [0.1, 0.15) is 12.8 Å². The third-order valence-corrected chi connectivity index (χ3v) is 6.26. The second-order valence-electron chi connectivity index (χ2n) is 7.96. The molecular weight excluding hydrogens is 414 g/mol. The Morgan fingerprint density at radius 3 is 2.10 bits per heavy atom. The monoisotopic (exact) mass is 438 g/mol. The quantitative estimate of drug-likeness (QED) is 0.726. The van der Waals surface area contributed by atoms with Crippen molar-refractivity contribution in [1.82, 2.24) is 0 Å². The van der Waals surface area contributed by atoms with Crippen LogP contribution in [0.3, 0.4) is 0 Å². The number of rotatable bonds is 5. The molecule has 2 atom stereocenters. The van der Waals surface area contributed by atoms with Gasteiger partial charge in [-0.05, 0) is 55.3 Å². The van der Waals surface area contributed by atoms with Crippen LogP contribution in [0, 0.1) is 11.8 Å². The molecule has 0 bridgehead atoms. The number of carboxylic acids is 1. The van der Waals surface area contributed by atoms with Gasteiger partial charge < -0.3 is 25.0 Å². The third kappa shape index (κ3) is 5.02. The van der Waals surface area contributed by atoms with Crippen molar-refractivity contribution in [1.29, 1.82) is 0 Å². The van der Waals surface area contributed by atoms with Gasteiger partial charge in [-0.1, -0.05) is 29.8 Å². The molecule has 2 aliphatic rings. The highest BCUT2D eigenvalue weighted by molar-refractivity contribution is 6.30. The van der Waals surface area contributed by atoms with Gasteiger partial charge in [0.1, 0.15) is 0 Å².